The fraction of sp³-hybridized carbons (Fsp3) is 0.167. The number of aryl methyl sites for hydroxylation is 3. The summed E-state index contributed by atoms with van der Waals surface area (Å²) in [5, 5.41) is 10.1. The minimum absolute atomic E-state index is 0.534. The molecular weight excluding hydrogens is 404 g/mol. The molecule has 0 bridgehead atoms. The summed E-state index contributed by atoms with van der Waals surface area (Å²) < 4.78 is 1.88. The smallest absolute Gasteiger partial charge is 0.249 e. The number of anilines is 2. The molecule has 0 radical (unpaired) electrons. The van der Waals surface area contributed by atoms with E-state index in [0.29, 0.717) is 5.95 Å². The minimum atomic E-state index is 0.534. The van der Waals surface area contributed by atoms with Crippen molar-refractivity contribution in [2.75, 3.05) is 5.32 Å². The molecule has 0 fully saturated rings. The van der Waals surface area contributed by atoms with E-state index in [2.05, 4.69) is 69.0 Å². The van der Waals surface area contributed by atoms with Gasteiger partial charge in [0.25, 0.3) is 0 Å². The van der Waals surface area contributed by atoms with E-state index in [4.69, 9.17) is 5.10 Å². The second kappa shape index (κ2) is 7.92. The lowest BCUT2D eigenvalue weighted by Gasteiger charge is -2.13. The number of thiazole rings is 1. The first-order valence-corrected chi connectivity index (χ1v) is 11.0. The van der Waals surface area contributed by atoms with E-state index in [1.807, 2.05) is 36.6 Å². The van der Waals surface area contributed by atoms with Crippen LogP contribution in [0.1, 0.15) is 28.2 Å². The van der Waals surface area contributed by atoms with Gasteiger partial charge < -0.3 is 5.32 Å². The lowest BCUT2D eigenvalue weighted by Crippen LogP contribution is -2.07. The molecule has 3 heterocycles. The molecule has 31 heavy (non-hydrogen) atoms. The van der Waals surface area contributed by atoms with Crippen LogP contribution in [0.15, 0.2) is 60.0 Å². The Morgan fingerprint density at radius 2 is 1.68 bits per heavy atom. The molecule has 0 atom stereocenters. The van der Waals surface area contributed by atoms with E-state index in [1.54, 1.807) is 11.3 Å². The molecular formula is C24H22N6S. The number of hydrogen-bond acceptors (Lipinski definition) is 6. The Hall–Kier alpha value is -3.58. The minimum Gasteiger partial charge on any atom is -0.307 e. The Bertz CT molecular complexity index is 1350. The summed E-state index contributed by atoms with van der Waals surface area (Å²) in [4.78, 5) is 14.8. The Morgan fingerprint density at radius 1 is 0.903 bits per heavy atom. The molecule has 3 aromatic heterocycles. The highest BCUT2D eigenvalue weighted by atomic mass is 32.1. The van der Waals surface area contributed by atoms with Crippen LogP contribution in [-0.4, -0.2) is 24.6 Å². The van der Waals surface area contributed by atoms with Crippen molar-refractivity contribution in [3.05, 3.63) is 88.2 Å². The zero-order valence-corrected chi connectivity index (χ0v) is 18.4. The Labute approximate surface area is 184 Å². The van der Waals surface area contributed by atoms with Gasteiger partial charge in [-0.2, -0.15) is 4.98 Å². The summed E-state index contributed by atoms with van der Waals surface area (Å²) in [5.41, 5.74) is 6.61. The highest BCUT2D eigenvalue weighted by Gasteiger charge is 2.16. The fourth-order valence-corrected chi connectivity index (χ4v) is 4.44. The van der Waals surface area contributed by atoms with Crippen molar-refractivity contribution in [3.63, 3.8) is 0 Å². The standard InChI is InChI=1S/C24H22N6S/c1-15-9-11-18(12-10-15)13-20-16(2)25-17(3)26-22(20)27-23-28-24-30(29-23)21(14-31-24)19-7-5-4-6-8-19/h4-12,14H,13H2,1-3H3,(H,25,26,27,29). The molecule has 0 aliphatic rings. The molecule has 0 aliphatic carbocycles. The van der Waals surface area contributed by atoms with Crippen LogP contribution >= 0.6 is 11.3 Å². The highest BCUT2D eigenvalue weighted by Crippen LogP contribution is 2.28. The predicted octanol–water partition coefficient (Wildman–Crippen LogP) is 5.51. The summed E-state index contributed by atoms with van der Waals surface area (Å²) in [6.07, 6.45) is 0.742. The first-order valence-electron chi connectivity index (χ1n) is 10.1. The maximum absolute atomic E-state index is 4.71. The van der Waals surface area contributed by atoms with E-state index in [-0.39, 0.29) is 0 Å². The largest absolute Gasteiger partial charge is 0.307 e. The maximum atomic E-state index is 4.71. The number of benzene rings is 2. The van der Waals surface area contributed by atoms with Crippen LogP contribution in [0.2, 0.25) is 0 Å². The lowest BCUT2D eigenvalue weighted by atomic mass is 10.0. The van der Waals surface area contributed by atoms with Crippen LogP contribution < -0.4 is 5.32 Å². The molecule has 5 aromatic rings. The van der Waals surface area contributed by atoms with Crippen molar-refractivity contribution in [1.82, 2.24) is 24.6 Å². The molecule has 0 amide bonds. The van der Waals surface area contributed by atoms with Gasteiger partial charge in [-0.1, -0.05) is 60.2 Å². The molecule has 5 rings (SSSR count). The lowest BCUT2D eigenvalue weighted by molar-refractivity contribution is 0.952. The highest BCUT2D eigenvalue weighted by molar-refractivity contribution is 7.15. The van der Waals surface area contributed by atoms with Crippen molar-refractivity contribution in [1.29, 1.82) is 0 Å². The van der Waals surface area contributed by atoms with Gasteiger partial charge in [0.1, 0.15) is 11.6 Å². The third-order valence-corrected chi connectivity index (χ3v) is 6.02. The summed E-state index contributed by atoms with van der Waals surface area (Å²) in [6.45, 7) is 6.02. The average Bonchev–Trinajstić information content (AvgIpc) is 3.33. The van der Waals surface area contributed by atoms with Gasteiger partial charge in [-0.3, -0.25) is 0 Å². The van der Waals surface area contributed by atoms with Crippen molar-refractivity contribution in [3.8, 4) is 11.3 Å². The predicted molar refractivity (Wildman–Crippen MR) is 125 cm³/mol. The van der Waals surface area contributed by atoms with Crippen LogP contribution in [0.25, 0.3) is 16.2 Å². The molecule has 2 aromatic carbocycles. The second-order valence-corrected chi connectivity index (χ2v) is 8.42. The van der Waals surface area contributed by atoms with E-state index in [1.165, 1.54) is 11.1 Å². The molecule has 6 nitrogen and oxygen atoms in total. The molecule has 0 spiro atoms. The van der Waals surface area contributed by atoms with E-state index < -0.39 is 0 Å². The molecule has 7 heteroatoms. The number of nitrogens with one attached hydrogen (secondary N) is 1. The number of aromatic nitrogens is 5. The van der Waals surface area contributed by atoms with E-state index in [0.717, 1.165) is 45.5 Å². The van der Waals surface area contributed by atoms with Crippen molar-refractivity contribution >= 4 is 28.1 Å². The zero-order chi connectivity index (χ0) is 21.4. The van der Waals surface area contributed by atoms with Crippen LogP contribution in [0.5, 0.6) is 0 Å². The summed E-state index contributed by atoms with van der Waals surface area (Å²) in [7, 11) is 0. The van der Waals surface area contributed by atoms with E-state index in [9.17, 15) is 0 Å². The molecule has 1 N–H and O–H groups in total. The van der Waals surface area contributed by atoms with Crippen LogP contribution in [0.4, 0.5) is 11.8 Å². The molecule has 154 valence electrons. The topological polar surface area (TPSA) is 68.0 Å². The van der Waals surface area contributed by atoms with Gasteiger partial charge in [0.2, 0.25) is 10.9 Å². The SMILES string of the molecule is Cc1ccc(Cc2c(C)nc(C)nc2Nc2nc3scc(-c4ccccc4)n3n2)cc1. The molecule has 0 aliphatic heterocycles. The van der Waals surface area contributed by atoms with Crippen LogP contribution in [0.3, 0.4) is 0 Å². The third kappa shape index (κ3) is 3.92. The molecule has 0 unspecified atom stereocenters. The van der Waals surface area contributed by atoms with Gasteiger partial charge in [-0.05, 0) is 26.3 Å². The van der Waals surface area contributed by atoms with Crippen molar-refractivity contribution < 1.29 is 0 Å². The van der Waals surface area contributed by atoms with Crippen LogP contribution in [-0.2, 0) is 6.42 Å². The van der Waals surface area contributed by atoms with Gasteiger partial charge in [0.05, 0.1) is 5.69 Å². The molecule has 0 saturated carbocycles. The normalized spacial score (nSPS) is 11.2. The van der Waals surface area contributed by atoms with Gasteiger partial charge in [0, 0.05) is 28.6 Å². The quantitative estimate of drug-likeness (QED) is 0.401. The van der Waals surface area contributed by atoms with Gasteiger partial charge in [-0.25, -0.2) is 14.5 Å². The first-order chi connectivity index (χ1) is 15.1. The summed E-state index contributed by atoms with van der Waals surface area (Å²) >= 11 is 1.57. The molecule has 0 saturated heterocycles. The Morgan fingerprint density at radius 3 is 2.45 bits per heavy atom. The maximum Gasteiger partial charge on any atom is 0.249 e. The van der Waals surface area contributed by atoms with Gasteiger partial charge >= 0.3 is 0 Å². The first kappa shape index (κ1) is 19.4. The van der Waals surface area contributed by atoms with Gasteiger partial charge in [-0.15, -0.1) is 16.4 Å². The third-order valence-electron chi connectivity index (χ3n) is 5.21. The average molecular weight is 427 g/mol. The fourth-order valence-electron chi connectivity index (χ4n) is 3.61. The Kier molecular flexibility index (Phi) is 4.95. The summed E-state index contributed by atoms with van der Waals surface area (Å²) in [5.74, 6) is 2.01. The van der Waals surface area contributed by atoms with Crippen molar-refractivity contribution in [2.45, 2.75) is 27.2 Å². The number of hydrogen-bond donors (Lipinski definition) is 1. The second-order valence-electron chi connectivity index (χ2n) is 7.59. The monoisotopic (exact) mass is 426 g/mol. The summed E-state index contributed by atoms with van der Waals surface area (Å²) in [6, 6.07) is 18.8. The number of rotatable bonds is 5. The Balaban J connectivity index is 1.50. The van der Waals surface area contributed by atoms with Crippen molar-refractivity contribution in [2.24, 2.45) is 0 Å². The zero-order valence-electron chi connectivity index (χ0n) is 17.6. The number of nitrogens with zero attached hydrogens (tertiary/aromatic N) is 5. The number of fused-ring (bicyclic) bond motifs is 1. The van der Waals surface area contributed by atoms with Gasteiger partial charge in [0.15, 0.2) is 0 Å². The van der Waals surface area contributed by atoms with E-state index >= 15 is 0 Å². The van der Waals surface area contributed by atoms with Crippen LogP contribution in [0, 0.1) is 20.8 Å².